The van der Waals surface area contributed by atoms with Crippen LogP contribution in [0.5, 0.6) is 5.75 Å². The molecule has 0 amide bonds. The minimum atomic E-state index is -1.39. The topological polar surface area (TPSA) is 68.7 Å². The Bertz CT molecular complexity index is 1080. The number of rotatable bonds is 8. The monoisotopic (exact) mass is 453 g/mol. The highest BCUT2D eigenvalue weighted by molar-refractivity contribution is 7.13. The van der Waals surface area contributed by atoms with Crippen LogP contribution in [-0.2, 0) is 27.2 Å². The van der Waals surface area contributed by atoms with Crippen molar-refractivity contribution in [3.8, 4) is 16.3 Å². The van der Waals surface area contributed by atoms with E-state index in [9.17, 15) is 9.90 Å². The number of thiazole rings is 1. The number of aromatic nitrogens is 1. The largest absolute Gasteiger partial charge is 0.487 e. The first-order chi connectivity index (χ1) is 15.0. The van der Waals surface area contributed by atoms with E-state index in [2.05, 4.69) is 45.0 Å². The Morgan fingerprint density at radius 3 is 2.34 bits per heavy atom. The minimum Gasteiger partial charge on any atom is -0.487 e. The highest BCUT2D eigenvalue weighted by atomic mass is 32.1. The Balaban J connectivity index is 1.70. The van der Waals surface area contributed by atoms with Gasteiger partial charge in [0.25, 0.3) is 0 Å². The van der Waals surface area contributed by atoms with Gasteiger partial charge in [0, 0.05) is 17.6 Å². The number of aliphatic carboxylic acids is 1. The van der Waals surface area contributed by atoms with E-state index in [1.165, 1.54) is 5.56 Å². The molecule has 1 heterocycles. The summed E-state index contributed by atoms with van der Waals surface area (Å²) < 4.78 is 11.5. The van der Waals surface area contributed by atoms with Gasteiger partial charge in [0.2, 0.25) is 0 Å². The standard InChI is InChI=1S/C26H31NO4S/c1-7-31-26(6,24(28)29)22-13-12-21(14-17(22)2)30-15-20-16-32-23(27-20)18-8-10-19(11-9-18)25(3,4)5/h8-14,16H,7,15H2,1-6H3,(H,28,29). The first-order valence-electron chi connectivity index (χ1n) is 10.7. The van der Waals surface area contributed by atoms with Crippen LogP contribution in [0.15, 0.2) is 47.8 Å². The van der Waals surface area contributed by atoms with Crippen molar-refractivity contribution in [1.29, 1.82) is 0 Å². The number of hydrogen-bond donors (Lipinski definition) is 1. The van der Waals surface area contributed by atoms with Gasteiger partial charge in [-0.1, -0.05) is 51.1 Å². The molecule has 0 aliphatic heterocycles. The van der Waals surface area contributed by atoms with Crippen LogP contribution in [0.1, 0.15) is 57.0 Å². The van der Waals surface area contributed by atoms with E-state index in [1.807, 2.05) is 18.4 Å². The maximum absolute atomic E-state index is 11.8. The lowest BCUT2D eigenvalue weighted by atomic mass is 9.87. The van der Waals surface area contributed by atoms with Crippen molar-refractivity contribution in [2.24, 2.45) is 0 Å². The fourth-order valence-electron chi connectivity index (χ4n) is 3.58. The van der Waals surface area contributed by atoms with Crippen LogP contribution in [-0.4, -0.2) is 22.7 Å². The lowest BCUT2D eigenvalue weighted by molar-refractivity contribution is -0.164. The third kappa shape index (κ3) is 5.19. The lowest BCUT2D eigenvalue weighted by Gasteiger charge is -2.27. The molecule has 32 heavy (non-hydrogen) atoms. The summed E-state index contributed by atoms with van der Waals surface area (Å²) in [4.78, 5) is 16.5. The molecule has 0 spiro atoms. The molecule has 0 aliphatic rings. The molecule has 3 rings (SSSR count). The molecule has 0 aliphatic carbocycles. The van der Waals surface area contributed by atoms with Crippen molar-refractivity contribution in [3.05, 3.63) is 70.2 Å². The van der Waals surface area contributed by atoms with E-state index in [1.54, 1.807) is 37.3 Å². The zero-order valence-electron chi connectivity index (χ0n) is 19.6. The molecule has 0 saturated heterocycles. The van der Waals surface area contributed by atoms with E-state index in [0.29, 0.717) is 24.5 Å². The van der Waals surface area contributed by atoms with Crippen LogP contribution in [0.4, 0.5) is 0 Å². The summed E-state index contributed by atoms with van der Waals surface area (Å²) in [6, 6.07) is 13.9. The van der Waals surface area contributed by atoms with Crippen molar-refractivity contribution >= 4 is 17.3 Å². The van der Waals surface area contributed by atoms with Gasteiger partial charge in [0.05, 0.1) is 5.69 Å². The van der Waals surface area contributed by atoms with Crippen LogP contribution < -0.4 is 4.74 Å². The first-order valence-corrected chi connectivity index (χ1v) is 11.6. The van der Waals surface area contributed by atoms with Crippen molar-refractivity contribution in [2.45, 2.75) is 59.2 Å². The minimum absolute atomic E-state index is 0.124. The van der Waals surface area contributed by atoms with E-state index in [-0.39, 0.29) is 5.41 Å². The zero-order chi connectivity index (χ0) is 23.5. The molecule has 3 aromatic rings. The number of carbonyl (C=O) groups is 1. The van der Waals surface area contributed by atoms with Crippen LogP contribution in [0, 0.1) is 6.92 Å². The van der Waals surface area contributed by atoms with E-state index < -0.39 is 11.6 Å². The molecule has 1 N–H and O–H groups in total. The number of benzene rings is 2. The summed E-state index contributed by atoms with van der Waals surface area (Å²) >= 11 is 1.60. The van der Waals surface area contributed by atoms with Crippen molar-refractivity contribution < 1.29 is 19.4 Å². The van der Waals surface area contributed by atoms with E-state index in [0.717, 1.165) is 21.8 Å². The summed E-state index contributed by atoms with van der Waals surface area (Å²) in [6.07, 6.45) is 0. The summed E-state index contributed by atoms with van der Waals surface area (Å²) in [6.45, 7) is 12.5. The van der Waals surface area contributed by atoms with Gasteiger partial charge in [0.15, 0.2) is 5.60 Å². The number of ether oxygens (including phenoxy) is 2. The lowest BCUT2D eigenvalue weighted by Crippen LogP contribution is -2.36. The second-order valence-electron chi connectivity index (χ2n) is 9.01. The Labute approximate surface area is 194 Å². The molecule has 0 fully saturated rings. The third-order valence-electron chi connectivity index (χ3n) is 5.49. The molecule has 6 heteroatoms. The Kier molecular flexibility index (Phi) is 7.06. The average molecular weight is 454 g/mol. The Morgan fingerprint density at radius 2 is 1.78 bits per heavy atom. The fourth-order valence-corrected chi connectivity index (χ4v) is 4.39. The average Bonchev–Trinajstić information content (AvgIpc) is 3.21. The number of hydrogen-bond acceptors (Lipinski definition) is 5. The quantitative estimate of drug-likeness (QED) is 0.431. The van der Waals surface area contributed by atoms with Crippen LogP contribution in [0.3, 0.4) is 0 Å². The summed E-state index contributed by atoms with van der Waals surface area (Å²) in [5, 5.41) is 12.6. The molecular formula is C26H31NO4S. The van der Waals surface area contributed by atoms with Gasteiger partial charge in [-0.3, -0.25) is 0 Å². The Morgan fingerprint density at radius 1 is 1.09 bits per heavy atom. The number of nitrogens with zero attached hydrogens (tertiary/aromatic N) is 1. The van der Waals surface area contributed by atoms with Crippen LogP contribution in [0.25, 0.3) is 10.6 Å². The van der Waals surface area contributed by atoms with Gasteiger partial charge in [0.1, 0.15) is 17.4 Å². The van der Waals surface area contributed by atoms with E-state index in [4.69, 9.17) is 14.5 Å². The molecule has 1 unspecified atom stereocenters. The summed E-state index contributed by atoms with van der Waals surface area (Å²) in [5.41, 5.74) is 3.41. The third-order valence-corrected chi connectivity index (χ3v) is 6.43. The number of carboxylic acids is 1. The van der Waals surface area contributed by atoms with Gasteiger partial charge in [-0.25, -0.2) is 9.78 Å². The SMILES string of the molecule is CCOC(C)(C(=O)O)c1ccc(OCc2csc(-c3ccc(C(C)(C)C)cc3)n2)cc1C. The summed E-state index contributed by atoms with van der Waals surface area (Å²) in [7, 11) is 0. The predicted octanol–water partition coefficient (Wildman–Crippen LogP) is 6.33. The summed E-state index contributed by atoms with van der Waals surface area (Å²) in [5.74, 6) is -0.346. The zero-order valence-corrected chi connectivity index (χ0v) is 20.4. The van der Waals surface area contributed by atoms with E-state index >= 15 is 0 Å². The van der Waals surface area contributed by atoms with Crippen LogP contribution in [0.2, 0.25) is 0 Å². The molecule has 0 radical (unpaired) electrons. The highest BCUT2D eigenvalue weighted by Gasteiger charge is 2.37. The highest BCUT2D eigenvalue weighted by Crippen LogP contribution is 2.32. The molecular weight excluding hydrogens is 422 g/mol. The second kappa shape index (κ2) is 9.43. The normalized spacial score (nSPS) is 13.6. The predicted molar refractivity (Wildman–Crippen MR) is 128 cm³/mol. The first kappa shape index (κ1) is 24.0. The van der Waals surface area contributed by atoms with Gasteiger partial charge in [-0.2, -0.15) is 0 Å². The van der Waals surface area contributed by atoms with Gasteiger partial charge >= 0.3 is 5.97 Å². The Hall–Kier alpha value is -2.70. The molecule has 2 aromatic carbocycles. The smallest absolute Gasteiger partial charge is 0.340 e. The molecule has 170 valence electrons. The number of aryl methyl sites for hydroxylation is 1. The number of carboxylic acid groups (broad SMARTS) is 1. The van der Waals surface area contributed by atoms with Crippen LogP contribution >= 0.6 is 11.3 Å². The second-order valence-corrected chi connectivity index (χ2v) is 9.87. The molecule has 0 saturated carbocycles. The maximum Gasteiger partial charge on any atom is 0.340 e. The maximum atomic E-state index is 11.8. The molecule has 0 bridgehead atoms. The van der Waals surface area contributed by atoms with Crippen molar-refractivity contribution in [1.82, 2.24) is 4.98 Å². The van der Waals surface area contributed by atoms with Crippen molar-refractivity contribution in [3.63, 3.8) is 0 Å². The van der Waals surface area contributed by atoms with Gasteiger partial charge in [-0.05, 0) is 55.0 Å². The molecule has 1 aromatic heterocycles. The van der Waals surface area contributed by atoms with Crippen molar-refractivity contribution in [2.75, 3.05) is 6.61 Å². The molecule has 5 nitrogen and oxygen atoms in total. The van der Waals surface area contributed by atoms with Gasteiger partial charge < -0.3 is 14.6 Å². The molecule has 1 atom stereocenters. The fraction of sp³-hybridized carbons (Fsp3) is 0.385. The van der Waals surface area contributed by atoms with Gasteiger partial charge in [-0.15, -0.1) is 11.3 Å².